The molecule has 0 saturated heterocycles. The molecule has 0 amide bonds. The van der Waals surface area contributed by atoms with E-state index in [4.69, 9.17) is 5.73 Å². The van der Waals surface area contributed by atoms with Crippen LogP contribution >= 0.6 is 15.9 Å². The highest BCUT2D eigenvalue weighted by molar-refractivity contribution is 9.10. The molecule has 0 heterocycles. The molecule has 4 heteroatoms. The average molecular weight is 350 g/mol. The van der Waals surface area contributed by atoms with Crippen LogP contribution in [0, 0.1) is 5.82 Å². The summed E-state index contributed by atoms with van der Waals surface area (Å²) in [4.78, 5) is 12.6. The van der Waals surface area contributed by atoms with Gasteiger partial charge in [0.2, 0.25) is 0 Å². The number of benzene rings is 2. The maximum atomic E-state index is 13.8. The van der Waals surface area contributed by atoms with E-state index in [2.05, 4.69) is 15.9 Å². The number of carbonyl (C=O) groups is 1. The Bertz CT molecular complexity index is 665. The van der Waals surface area contributed by atoms with Crippen LogP contribution in [0.2, 0.25) is 0 Å². The number of hydrogen-bond acceptors (Lipinski definition) is 2. The molecule has 0 fully saturated rings. The summed E-state index contributed by atoms with van der Waals surface area (Å²) >= 11 is 3.30. The van der Waals surface area contributed by atoms with Gasteiger partial charge in [-0.2, -0.15) is 0 Å². The number of Topliss-reactive ketones (excluding diaryl/α,β-unsaturated/α-hetero) is 1. The summed E-state index contributed by atoms with van der Waals surface area (Å²) in [5.41, 5.74) is 6.90. The summed E-state index contributed by atoms with van der Waals surface area (Å²) in [6.07, 6.45) is 0.0582. The van der Waals surface area contributed by atoms with Crippen LogP contribution in [0.5, 0.6) is 0 Å². The second-order valence-electron chi connectivity index (χ2n) is 5.58. The van der Waals surface area contributed by atoms with Crippen molar-refractivity contribution in [2.45, 2.75) is 25.7 Å². The number of rotatable bonds is 4. The number of carbonyl (C=O) groups excluding carboxylic acids is 1. The van der Waals surface area contributed by atoms with Crippen molar-refractivity contribution in [1.82, 2.24) is 0 Å². The third kappa shape index (κ3) is 3.50. The SMILES string of the molecule is CC(C)(C(=O)Cc1cc(Br)ccc1F)c1ccc(N)cc1. The standard InChI is InChI=1S/C17H17BrFNO/c1-17(2,12-3-6-14(20)7-4-12)16(21)10-11-9-13(18)5-8-15(11)19/h3-9H,10,20H2,1-2H3. The molecule has 2 N–H and O–H groups in total. The highest BCUT2D eigenvalue weighted by Gasteiger charge is 2.29. The van der Waals surface area contributed by atoms with Crippen molar-refractivity contribution in [3.63, 3.8) is 0 Å². The molecule has 0 aromatic heterocycles. The molecule has 0 aliphatic heterocycles. The van der Waals surface area contributed by atoms with E-state index in [1.54, 1.807) is 24.3 Å². The van der Waals surface area contributed by atoms with Crippen LogP contribution in [0.1, 0.15) is 25.0 Å². The van der Waals surface area contributed by atoms with Gasteiger partial charge in [0.05, 0.1) is 0 Å². The zero-order valence-corrected chi connectivity index (χ0v) is 13.6. The molecule has 0 saturated carbocycles. The van der Waals surface area contributed by atoms with Gasteiger partial charge in [0.25, 0.3) is 0 Å². The maximum absolute atomic E-state index is 13.8. The second-order valence-corrected chi connectivity index (χ2v) is 6.50. The Labute approximate surface area is 132 Å². The highest BCUT2D eigenvalue weighted by Crippen LogP contribution is 2.27. The van der Waals surface area contributed by atoms with Crippen molar-refractivity contribution in [2.24, 2.45) is 0 Å². The molecule has 21 heavy (non-hydrogen) atoms. The Morgan fingerprint density at radius 2 is 1.81 bits per heavy atom. The fourth-order valence-corrected chi connectivity index (χ4v) is 2.54. The van der Waals surface area contributed by atoms with E-state index < -0.39 is 5.41 Å². The first-order valence-electron chi connectivity index (χ1n) is 6.64. The molecule has 0 bridgehead atoms. The van der Waals surface area contributed by atoms with Crippen LogP contribution in [-0.4, -0.2) is 5.78 Å². The zero-order valence-electron chi connectivity index (χ0n) is 12.0. The Hall–Kier alpha value is -1.68. The normalized spacial score (nSPS) is 11.4. The maximum Gasteiger partial charge on any atom is 0.147 e. The molecule has 2 rings (SSSR count). The Kier molecular flexibility index (Phi) is 4.47. The van der Waals surface area contributed by atoms with Crippen LogP contribution in [0.4, 0.5) is 10.1 Å². The fourth-order valence-electron chi connectivity index (χ4n) is 2.13. The van der Waals surface area contributed by atoms with Crippen molar-refractivity contribution in [3.8, 4) is 0 Å². The fraction of sp³-hybridized carbons (Fsp3) is 0.235. The number of anilines is 1. The summed E-state index contributed by atoms with van der Waals surface area (Å²) in [6.45, 7) is 3.69. The van der Waals surface area contributed by atoms with Gasteiger partial charge in [-0.3, -0.25) is 4.79 Å². The summed E-state index contributed by atoms with van der Waals surface area (Å²) in [7, 11) is 0. The predicted molar refractivity (Wildman–Crippen MR) is 86.7 cm³/mol. The molecule has 0 aliphatic carbocycles. The van der Waals surface area contributed by atoms with Crippen molar-refractivity contribution in [3.05, 3.63) is 63.9 Å². The molecule has 0 radical (unpaired) electrons. The van der Waals surface area contributed by atoms with Gasteiger partial charge in [-0.25, -0.2) is 4.39 Å². The van der Waals surface area contributed by atoms with Gasteiger partial charge < -0.3 is 5.73 Å². The van der Waals surface area contributed by atoms with E-state index in [9.17, 15) is 9.18 Å². The topological polar surface area (TPSA) is 43.1 Å². The number of nitrogens with two attached hydrogens (primary N) is 1. The lowest BCUT2D eigenvalue weighted by Gasteiger charge is -2.24. The largest absolute Gasteiger partial charge is 0.399 e. The van der Waals surface area contributed by atoms with E-state index in [1.807, 2.05) is 26.0 Å². The lowest BCUT2D eigenvalue weighted by atomic mass is 9.78. The zero-order chi connectivity index (χ0) is 15.6. The Balaban J connectivity index is 2.26. The first kappa shape index (κ1) is 15.7. The summed E-state index contributed by atoms with van der Waals surface area (Å²) < 4.78 is 14.5. The third-order valence-corrected chi connectivity index (χ3v) is 4.18. The second kappa shape index (κ2) is 5.98. The van der Waals surface area contributed by atoms with Crippen molar-refractivity contribution < 1.29 is 9.18 Å². The van der Waals surface area contributed by atoms with E-state index in [-0.39, 0.29) is 18.0 Å². The van der Waals surface area contributed by atoms with Crippen LogP contribution in [0.25, 0.3) is 0 Å². The lowest BCUT2D eigenvalue weighted by Crippen LogP contribution is -2.30. The molecule has 0 unspecified atom stereocenters. The molecule has 110 valence electrons. The molecule has 0 spiro atoms. The van der Waals surface area contributed by atoms with E-state index in [0.29, 0.717) is 11.3 Å². The average Bonchev–Trinajstić information content (AvgIpc) is 2.43. The predicted octanol–water partition coefficient (Wildman–Crippen LogP) is 4.26. The monoisotopic (exact) mass is 349 g/mol. The third-order valence-electron chi connectivity index (χ3n) is 3.69. The van der Waals surface area contributed by atoms with Crippen LogP contribution < -0.4 is 5.73 Å². The highest BCUT2D eigenvalue weighted by atomic mass is 79.9. The minimum absolute atomic E-state index is 0.0377. The van der Waals surface area contributed by atoms with Gasteiger partial charge in [0.15, 0.2) is 0 Å². The van der Waals surface area contributed by atoms with Gasteiger partial charge in [-0.05, 0) is 55.3 Å². The van der Waals surface area contributed by atoms with Gasteiger partial charge >= 0.3 is 0 Å². The number of hydrogen-bond donors (Lipinski definition) is 1. The van der Waals surface area contributed by atoms with Gasteiger partial charge in [-0.1, -0.05) is 28.1 Å². The minimum atomic E-state index is -0.692. The molecular formula is C17H17BrFNO. The molecule has 2 aromatic rings. The first-order chi connectivity index (χ1) is 9.80. The van der Waals surface area contributed by atoms with E-state index >= 15 is 0 Å². The molecule has 2 aromatic carbocycles. The smallest absolute Gasteiger partial charge is 0.147 e. The first-order valence-corrected chi connectivity index (χ1v) is 7.43. The Morgan fingerprint density at radius 3 is 2.43 bits per heavy atom. The molecule has 2 nitrogen and oxygen atoms in total. The summed E-state index contributed by atoms with van der Waals surface area (Å²) in [6, 6.07) is 11.8. The van der Waals surface area contributed by atoms with Crippen LogP contribution in [0.15, 0.2) is 46.9 Å². The van der Waals surface area contributed by atoms with E-state index in [1.165, 1.54) is 6.07 Å². The molecule has 0 aliphatic rings. The van der Waals surface area contributed by atoms with Crippen molar-refractivity contribution in [2.75, 3.05) is 5.73 Å². The quantitative estimate of drug-likeness (QED) is 0.838. The van der Waals surface area contributed by atoms with Gasteiger partial charge in [0.1, 0.15) is 11.6 Å². The van der Waals surface area contributed by atoms with Crippen molar-refractivity contribution >= 4 is 27.4 Å². The van der Waals surface area contributed by atoms with Gasteiger partial charge in [-0.15, -0.1) is 0 Å². The summed E-state index contributed by atoms with van der Waals surface area (Å²) in [5.74, 6) is -0.399. The van der Waals surface area contributed by atoms with E-state index in [0.717, 1.165) is 10.0 Å². The molecule has 0 atom stereocenters. The van der Waals surface area contributed by atoms with Crippen LogP contribution in [0.3, 0.4) is 0 Å². The minimum Gasteiger partial charge on any atom is -0.399 e. The van der Waals surface area contributed by atoms with Gasteiger partial charge in [0, 0.05) is 22.0 Å². The number of halogens is 2. The van der Waals surface area contributed by atoms with Crippen molar-refractivity contribution in [1.29, 1.82) is 0 Å². The number of nitrogen functional groups attached to an aromatic ring is 1. The lowest BCUT2D eigenvalue weighted by molar-refractivity contribution is -0.122. The number of ketones is 1. The Morgan fingerprint density at radius 1 is 1.19 bits per heavy atom. The molecular weight excluding hydrogens is 333 g/mol. The summed E-state index contributed by atoms with van der Waals surface area (Å²) in [5, 5.41) is 0. The van der Waals surface area contributed by atoms with Crippen LogP contribution in [-0.2, 0) is 16.6 Å².